The summed E-state index contributed by atoms with van der Waals surface area (Å²) in [4.78, 5) is 16.3. The molecule has 0 atom stereocenters. The molecule has 4 rings (SSSR count). The predicted octanol–water partition coefficient (Wildman–Crippen LogP) is 4.60. The van der Waals surface area contributed by atoms with Crippen molar-refractivity contribution in [3.63, 3.8) is 0 Å². The number of benzene rings is 1. The van der Waals surface area contributed by atoms with Crippen LogP contribution in [0.25, 0.3) is 10.2 Å². The predicted molar refractivity (Wildman–Crippen MR) is 100.0 cm³/mol. The Morgan fingerprint density at radius 2 is 1.79 bits per heavy atom. The van der Waals surface area contributed by atoms with Gasteiger partial charge in [-0.1, -0.05) is 29.8 Å². The Kier molecular flexibility index (Phi) is 3.93. The zero-order valence-electron chi connectivity index (χ0n) is 14.2. The Labute approximate surface area is 146 Å². The molecule has 0 unspecified atom stereocenters. The highest BCUT2D eigenvalue weighted by molar-refractivity contribution is 7.19. The van der Waals surface area contributed by atoms with Crippen molar-refractivity contribution in [1.29, 1.82) is 0 Å². The van der Waals surface area contributed by atoms with E-state index in [4.69, 9.17) is 0 Å². The SMILES string of the molecule is Cc1ccc(Cn2c(C(=O)N3CCCC3)cc3sc(C)cc32)cc1. The van der Waals surface area contributed by atoms with Crippen molar-refractivity contribution in [2.24, 2.45) is 0 Å². The number of rotatable bonds is 3. The molecule has 2 aromatic heterocycles. The number of hydrogen-bond acceptors (Lipinski definition) is 2. The van der Waals surface area contributed by atoms with Gasteiger partial charge in [-0.25, -0.2) is 0 Å². The van der Waals surface area contributed by atoms with Gasteiger partial charge in [0.05, 0.1) is 10.2 Å². The van der Waals surface area contributed by atoms with Gasteiger partial charge in [0.1, 0.15) is 5.69 Å². The van der Waals surface area contributed by atoms with Crippen LogP contribution >= 0.6 is 11.3 Å². The average Bonchev–Trinajstić information content (AvgIpc) is 3.26. The van der Waals surface area contributed by atoms with E-state index in [-0.39, 0.29) is 5.91 Å². The van der Waals surface area contributed by atoms with Crippen molar-refractivity contribution in [3.05, 3.63) is 58.1 Å². The normalized spacial score (nSPS) is 14.7. The summed E-state index contributed by atoms with van der Waals surface area (Å²) in [6.45, 7) is 6.75. The van der Waals surface area contributed by atoms with Gasteiger partial charge in [0.25, 0.3) is 5.91 Å². The highest BCUT2D eigenvalue weighted by Gasteiger charge is 2.24. The molecule has 0 N–H and O–H groups in total. The minimum Gasteiger partial charge on any atom is -0.337 e. The van der Waals surface area contributed by atoms with Crippen molar-refractivity contribution in [1.82, 2.24) is 9.47 Å². The second-order valence-electron chi connectivity index (χ2n) is 6.71. The fourth-order valence-corrected chi connectivity index (χ4v) is 4.43. The zero-order valence-corrected chi connectivity index (χ0v) is 15.0. The van der Waals surface area contributed by atoms with E-state index in [1.165, 1.54) is 26.2 Å². The summed E-state index contributed by atoms with van der Waals surface area (Å²) in [5.74, 6) is 0.181. The zero-order chi connectivity index (χ0) is 16.7. The van der Waals surface area contributed by atoms with E-state index in [0.717, 1.165) is 38.2 Å². The number of amides is 1. The minimum atomic E-state index is 0.181. The van der Waals surface area contributed by atoms with Crippen molar-refractivity contribution in [2.45, 2.75) is 33.2 Å². The highest BCUT2D eigenvalue weighted by atomic mass is 32.1. The van der Waals surface area contributed by atoms with Crippen LogP contribution in [0.4, 0.5) is 0 Å². The van der Waals surface area contributed by atoms with Crippen LogP contribution in [0.3, 0.4) is 0 Å². The lowest BCUT2D eigenvalue weighted by Crippen LogP contribution is -2.29. The average molecular weight is 338 g/mol. The van der Waals surface area contributed by atoms with Gasteiger partial charge in [0.2, 0.25) is 0 Å². The van der Waals surface area contributed by atoms with E-state index >= 15 is 0 Å². The lowest BCUT2D eigenvalue weighted by atomic mass is 10.1. The summed E-state index contributed by atoms with van der Waals surface area (Å²) in [7, 11) is 0. The summed E-state index contributed by atoms with van der Waals surface area (Å²) in [5, 5.41) is 0. The fraction of sp³-hybridized carbons (Fsp3) is 0.350. The number of fused-ring (bicyclic) bond motifs is 1. The molecule has 3 aromatic rings. The summed E-state index contributed by atoms with van der Waals surface area (Å²) in [6, 6.07) is 12.9. The van der Waals surface area contributed by atoms with Gasteiger partial charge in [0.15, 0.2) is 0 Å². The van der Waals surface area contributed by atoms with Crippen molar-refractivity contribution < 1.29 is 4.79 Å². The van der Waals surface area contributed by atoms with E-state index in [1.54, 1.807) is 11.3 Å². The minimum absolute atomic E-state index is 0.181. The second-order valence-corrected chi connectivity index (χ2v) is 8.00. The van der Waals surface area contributed by atoms with Gasteiger partial charge in [0, 0.05) is 24.5 Å². The number of thiophene rings is 1. The van der Waals surface area contributed by atoms with Crippen LogP contribution in [0.15, 0.2) is 36.4 Å². The number of aromatic nitrogens is 1. The van der Waals surface area contributed by atoms with Crippen LogP contribution in [-0.2, 0) is 6.54 Å². The second kappa shape index (κ2) is 6.10. The topological polar surface area (TPSA) is 25.2 Å². The van der Waals surface area contributed by atoms with Crippen LogP contribution in [-0.4, -0.2) is 28.5 Å². The molecule has 1 amide bonds. The van der Waals surface area contributed by atoms with Crippen LogP contribution in [0.2, 0.25) is 0 Å². The molecule has 1 aliphatic heterocycles. The molecule has 1 saturated heterocycles. The van der Waals surface area contributed by atoms with Gasteiger partial charge in [-0.15, -0.1) is 11.3 Å². The first kappa shape index (κ1) is 15.5. The summed E-state index contributed by atoms with van der Waals surface area (Å²) in [5.41, 5.74) is 4.51. The summed E-state index contributed by atoms with van der Waals surface area (Å²) < 4.78 is 3.41. The fourth-order valence-electron chi connectivity index (χ4n) is 3.47. The molecule has 1 aliphatic rings. The van der Waals surface area contributed by atoms with Crippen LogP contribution < -0.4 is 0 Å². The molecule has 0 saturated carbocycles. The van der Waals surface area contributed by atoms with Crippen LogP contribution in [0.5, 0.6) is 0 Å². The number of carbonyl (C=O) groups is 1. The molecule has 1 aromatic carbocycles. The first-order chi connectivity index (χ1) is 11.6. The Balaban J connectivity index is 1.76. The Morgan fingerprint density at radius 3 is 2.50 bits per heavy atom. The van der Waals surface area contributed by atoms with Gasteiger partial charge in [-0.3, -0.25) is 4.79 Å². The van der Waals surface area contributed by atoms with Gasteiger partial charge in [-0.2, -0.15) is 0 Å². The molecule has 0 spiro atoms. The Morgan fingerprint density at radius 1 is 1.08 bits per heavy atom. The van der Waals surface area contributed by atoms with Crippen molar-refractivity contribution in [3.8, 4) is 0 Å². The molecule has 0 aliphatic carbocycles. The molecule has 0 bridgehead atoms. The maximum absolute atomic E-state index is 13.0. The quantitative estimate of drug-likeness (QED) is 0.685. The van der Waals surface area contributed by atoms with Gasteiger partial charge < -0.3 is 9.47 Å². The smallest absolute Gasteiger partial charge is 0.270 e. The van der Waals surface area contributed by atoms with Crippen molar-refractivity contribution >= 4 is 27.5 Å². The molecule has 4 heteroatoms. The lowest BCUT2D eigenvalue weighted by Gasteiger charge is -2.17. The molecule has 24 heavy (non-hydrogen) atoms. The number of carbonyl (C=O) groups excluding carboxylic acids is 1. The number of hydrogen-bond donors (Lipinski definition) is 0. The molecule has 0 radical (unpaired) electrons. The highest BCUT2D eigenvalue weighted by Crippen LogP contribution is 2.30. The molecule has 1 fully saturated rings. The van der Waals surface area contributed by atoms with Crippen LogP contribution in [0, 0.1) is 13.8 Å². The molecule has 124 valence electrons. The third kappa shape index (κ3) is 2.75. The summed E-state index contributed by atoms with van der Waals surface area (Å²) >= 11 is 1.77. The molecule has 3 heterocycles. The Hall–Kier alpha value is -2.07. The van der Waals surface area contributed by atoms with E-state index in [2.05, 4.69) is 54.8 Å². The van der Waals surface area contributed by atoms with E-state index in [1.807, 2.05) is 4.90 Å². The number of nitrogens with zero attached hydrogens (tertiary/aromatic N) is 2. The maximum Gasteiger partial charge on any atom is 0.270 e. The van der Waals surface area contributed by atoms with E-state index in [9.17, 15) is 4.79 Å². The third-order valence-corrected chi connectivity index (χ3v) is 5.77. The lowest BCUT2D eigenvalue weighted by molar-refractivity contribution is 0.0783. The largest absolute Gasteiger partial charge is 0.337 e. The van der Waals surface area contributed by atoms with Gasteiger partial charge >= 0.3 is 0 Å². The van der Waals surface area contributed by atoms with E-state index in [0.29, 0.717) is 0 Å². The standard InChI is InChI=1S/C20H22N2OS/c1-14-5-7-16(8-6-14)13-22-17-11-15(2)24-19(17)12-18(22)20(23)21-9-3-4-10-21/h5-8,11-12H,3-4,9-10,13H2,1-2H3. The van der Waals surface area contributed by atoms with Crippen molar-refractivity contribution in [2.75, 3.05) is 13.1 Å². The molecular weight excluding hydrogens is 316 g/mol. The third-order valence-electron chi connectivity index (χ3n) is 4.79. The number of likely N-dealkylation sites (tertiary alicyclic amines) is 1. The monoisotopic (exact) mass is 338 g/mol. The van der Waals surface area contributed by atoms with E-state index < -0.39 is 0 Å². The van der Waals surface area contributed by atoms with Gasteiger partial charge in [-0.05, 0) is 44.4 Å². The summed E-state index contributed by atoms with van der Waals surface area (Å²) in [6.07, 6.45) is 2.25. The Bertz CT molecular complexity index is 882. The first-order valence-electron chi connectivity index (χ1n) is 8.56. The first-order valence-corrected chi connectivity index (χ1v) is 9.38. The molecule has 3 nitrogen and oxygen atoms in total. The van der Waals surface area contributed by atoms with Crippen LogP contribution in [0.1, 0.15) is 39.3 Å². The maximum atomic E-state index is 13.0. The molecular formula is C20H22N2OS. The number of aryl methyl sites for hydroxylation is 2.